The van der Waals surface area contributed by atoms with Crippen LogP contribution >= 0.6 is 11.8 Å². The van der Waals surface area contributed by atoms with Crippen LogP contribution in [0.15, 0.2) is 29.7 Å². The number of rotatable bonds is 4. The third-order valence-corrected chi connectivity index (χ3v) is 3.59. The van der Waals surface area contributed by atoms with Crippen molar-refractivity contribution in [1.82, 2.24) is 19.7 Å². The zero-order valence-electron chi connectivity index (χ0n) is 10.3. The molecule has 0 aliphatic rings. The van der Waals surface area contributed by atoms with Crippen LogP contribution in [0.25, 0.3) is 0 Å². The van der Waals surface area contributed by atoms with E-state index in [1.54, 1.807) is 11.8 Å². The fourth-order valence-corrected chi connectivity index (χ4v) is 2.46. The lowest BCUT2D eigenvalue weighted by atomic mass is 10.2. The second-order valence-corrected chi connectivity index (χ2v) is 5.14. The van der Waals surface area contributed by atoms with Crippen molar-refractivity contribution in [3.05, 3.63) is 35.9 Å². The SMILES string of the molecule is CC(C)c1nnc(SCc2ccncc2)n1C. The molecule has 4 nitrogen and oxygen atoms in total. The molecular weight excluding hydrogens is 232 g/mol. The highest BCUT2D eigenvalue weighted by Crippen LogP contribution is 2.22. The minimum absolute atomic E-state index is 0.405. The fourth-order valence-electron chi connectivity index (χ4n) is 1.58. The van der Waals surface area contributed by atoms with Crippen molar-refractivity contribution in [2.45, 2.75) is 30.7 Å². The predicted octanol–water partition coefficient (Wildman–Crippen LogP) is 2.63. The van der Waals surface area contributed by atoms with Gasteiger partial charge in [-0.1, -0.05) is 25.6 Å². The van der Waals surface area contributed by atoms with Crippen LogP contribution in [0.5, 0.6) is 0 Å². The number of hydrogen-bond acceptors (Lipinski definition) is 4. The Kier molecular flexibility index (Phi) is 3.78. The molecule has 0 aliphatic heterocycles. The van der Waals surface area contributed by atoms with Gasteiger partial charge < -0.3 is 4.57 Å². The van der Waals surface area contributed by atoms with Gasteiger partial charge in [0.15, 0.2) is 5.16 Å². The summed E-state index contributed by atoms with van der Waals surface area (Å²) in [4.78, 5) is 4.00. The molecule has 0 amide bonds. The summed E-state index contributed by atoms with van der Waals surface area (Å²) in [5.74, 6) is 2.33. The third kappa shape index (κ3) is 2.85. The van der Waals surface area contributed by atoms with Crippen molar-refractivity contribution in [2.75, 3.05) is 0 Å². The molecule has 0 aromatic carbocycles. The van der Waals surface area contributed by atoms with Gasteiger partial charge in [0.2, 0.25) is 0 Å². The summed E-state index contributed by atoms with van der Waals surface area (Å²) < 4.78 is 2.07. The molecule has 0 unspecified atom stereocenters. The number of nitrogens with zero attached hydrogens (tertiary/aromatic N) is 4. The van der Waals surface area contributed by atoms with E-state index in [1.165, 1.54) is 5.56 Å². The van der Waals surface area contributed by atoms with Crippen LogP contribution in [0.2, 0.25) is 0 Å². The highest BCUT2D eigenvalue weighted by molar-refractivity contribution is 7.98. The average Bonchev–Trinajstić information content (AvgIpc) is 2.69. The fraction of sp³-hybridized carbons (Fsp3) is 0.417. The van der Waals surface area contributed by atoms with Gasteiger partial charge in [-0.15, -0.1) is 10.2 Å². The molecule has 90 valence electrons. The molecule has 2 heterocycles. The van der Waals surface area contributed by atoms with Crippen LogP contribution < -0.4 is 0 Å². The molecular formula is C12H16N4S. The Balaban J connectivity index is 2.05. The van der Waals surface area contributed by atoms with Crippen LogP contribution in [0.3, 0.4) is 0 Å². The maximum Gasteiger partial charge on any atom is 0.191 e. The summed E-state index contributed by atoms with van der Waals surface area (Å²) in [6.45, 7) is 4.25. The van der Waals surface area contributed by atoms with E-state index in [0.29, 0.717) is 5.92 Å². The Labute approximate surface area is 105 Å². The first-order valence-corrected chi connectivity index (χ1v) is 6.58. The van der Waals surface area contributed by atoms with E-state index < -0.39 is 0 Å². The van der Waals surface area contributed by atoms with Crippen molar-refractivity contribution in [2.24, 2.45) is 7.05 Å². The molecule has 0 fully saturated rings. The summed E-state index contributed by atoms with van der Waals surface area (Å²) in [7, 11) is 2.02. The Morgan fingerprint density at radius 2 is 1.94 bits per heavy atom. The second-order valence-electron chi connectivity index (χ2n) is 4.20. The Bertz CT molecular complexity index is 479. The zero-order chi connectivity index (χ0) is 12.3. The van der Waals surface area contributed by atoms with Crippen molar-refractivity contribution < 1.29 is 0 Å². The summed E-state index contributed by atoms with van der Waals surface area (Å²) in [6.07, 6.45) is 3.62. The smallest absolute Gasteiger partial charge is 0.191 e. The molecule has 0 atom stereocenters. The van der Waals surface area contributed by atoms with Crippen LogP contribution in [0.4, 0.5) is 0 Å². The molecule has 0 aliphatic carbocycles. The van der Waals surface area contributed by atoms with E-state index in [9.17, 15) is 0 Å². The van der Waals surface area contributed by atoms with E-state index in [4.69, 9.17) is 0 Å². The summed E-state index contributed by atoms with van der Waals surface area (Å²) in [6, 6.07) is 4.04. The third-order valence-electron chi connectivity index (χ3n) is 2.50. The normalized spacial score (nSPS) is 11.1. The lowest BCUT2D eigenvalue weighted by Gasteiger charge is -2.05. The summed E-state index contributed by atoms with van der Waals surface area (Å²) >= 11 is 1.70. The van der Waals surface area contributed by atoms with Gasteiger partial charge in [0, 0.05) is 31.1 Å². The van der Waals surface area contributed by atoms with Crippen molar-refractivity contribution in [3.63, 3.8) is 0 Å². The molecule has 17 heavy (non-hydrogen) atoms. The van der Waals surface area contributed by atoms with E-state index in [2.05, 4.69) is 33.6 Å². The number of pyridine rings is 1. The lowest BCUT2D eigenvalue weighted by molar-refractivity contribution is 0.680. The monoisotopic (exact) mass is 248 g/mol. The van der Waals surface area contributed by atoms with Crippen molar-refractivity contribution in [1.29, 1.82) is 0 Å². The van der Waals surface area contributed by atoms with Gasteiger partial charge >= 0.3 is 0 Å². The second kappa shape index (κ2) is 5.31. The molecule has 0 radical (unpaired) electrons. The number of aromatic nitrogens is 4. The zero-order valence-corrected chi connectivity index (χ0v) is 11.1. The maximum atomic E-state index is 4.21. The van der Waals surface area contributed by atoms with Gasteiger partial charge in [-0.2, -0.15) is 0 Å². The molecule has 2 aromatic rings. The summed E-state index contributed by atoms with van der Waals surface area (Å²) in [5.41, 5.74) is 1.25. The Morgan fingerprint density at radius 3 is 2.53 bits per heavy atom. The number of hydrogen-bond donors (Lipinski definition) is 0. The van der Waals surface area contributed by atoms with Gasteiger partial charge in [0.1, 0.15) is 5.82 Å². The van der Waals surface area contributed by atoms with Gasteiger partial charge in [0.05, 0.1) is 0 Å². The topological polar surface area (TPSA) is 43.6 Å². The molecule has 2 aromatic heterocycles. The largest absolute Gasteiger partial charge is 0.309 e. The average molecular weight is 248 g/mol. The first-order valence-electron chi connectivity index (χ1n) is 5.59. The van der Waals surface area contributed by atoms with Gasteiger partial charge in [0.25, 0.3) is 0 Å². The van der Waals surface area contributed by atoms with Gasteiger partial charge in [-0.05, 0) is 17.7 Å². The van der Waals surface area contributed by atoms with Crippen LogP contribution in [-0.2, 0) is 12.8 Å². The minimum atomic E-state index is 0.405. The number of thioether (sulfide) groups is 1. The van der Waals surface area contributed by atoms with Crippen molar-refractivity contribution >= 4 is 11.8 Å². The quantitative estimate of drug-likeness (QED) is 0.780. The first-order chi connectivity index (χ1) is 8.18. The Hall–Kier alpha value is -1.36. The standard InChI is InChI=1S/C12H16N4S/c1-9(2)11-14-15-12(16(11)3)17-8-10-4-6-13-7-5-10/h4-7,9H,8H2,1-3H3. The van der Waals surface area contributed by atoms with E-state index in [0.717, 1.165) is 16.7 Å². The van der Waals surface area contributed by atoms with Gasteiger partial charge in [-0.3, -0.25) is 4.98 Å². The van der Waals surface area contributed by atoms with E-state index in [1.807, 2.05) is 31.6 Å². The molecule has 2 rings (SSSR count). The van der Waals surface area contributed by atoms with Crippen LogP contribution in [0.1, 0.15) is 31.2 Å². The lowest BCUT2D eigenvalue weighted by Crippen LogP contribution is -2.00. The molecule has 0 bridgehead atoms. The molecule has 0 spiro atoms. The molecule has 0 saturated heterocycles. The molecule has 0 N–H and O–H groups in total. The van der Waals surface area contributed by atoms with Crippen LogP contribution in [0, 0.1) is 0 Å². The predicted molar refractivity (Wildman–Crippen MR) is 68.9 cm³/mol. The minimum Gasteiger partial charge on any atom is -0.309 e. The van der Waals surface area contributed by atoms with E-state index in [-0.39, 0.29) is 0 Å². The van der Waals surface area contributed by atoms with Crippen LogP contribution in [-0.4, -0.2) is 19.7 Å². The highest BCUT2D eigenvalue weighted by atomic mass is 32.2. The van der Waals surface area contributed by atoms with Gasteiger partial charge in [-0.25, -0.2) is 0 Å². The first kappa shape index (κ1) is 12.1. The maximum absolute atomic E-state index is 4.21. The van der Waals surface area contributed by atoms with E-state index >= 15 is 0 Å². The summed E-state index contributed by atoms with van der Waals surface area (Å²) in [5, 5.41) is 9.38. The highest BCUT2D eigenvalue weighted by Gasteiger charge is 2.11. The Morgan fingerprint density at radius 1 is 1.24 bits per heavy atom. The van der Waals surface area contributed by atoms with Crippen molar-refractivity contribution in [3.8, 4) is 0 Å². The molecule has 5 heteroatoms. The molecule has 0 saturated carbocycles.